The second-order valence-corrected chi connectivity index (χ2v) is 5.51. The normalized spacial score (nSPS) is 10.5. The van der Waals surface area contributed by atoms with Gasteiger partial charge < -0.3 is 9.47 Å². The van der Waals surface area contributed by atoms with Crippen molar-refractivity contribution in [1.82, 2.24) is 4.98 Å². The summed E-state index contributed by atoms with van der Waals surface area (Å²) in [5.74, 6) is -0.523. The maximum atomic E-state index is 11.6. The summed E-state index contributed by atoms with van der Waals surface area (Å²) in [6.07, 6.45) is 0. The Hall–Kier alpha value is -1.33. The Labute approximate surface area is 142 Å². The van der Waals surface area contributed by atoms with E-state index in [1.54, 1.807) is 18.2 Å². The van der Waals surface area contributed by atoms with Gasteiger partial charge in [-0.3, -0.25) is 0 Å². The van der Waals surface area contributed by atoms with Gasteiger partial charge in [0, 0.05) is 5.02 Å². The molecule has 116 valence electrons. The van der Waals surface area contributed by atoms with Gasteiger partial charge in [-0.25, -0.2) is 9.78 Å². The number of benzene rings is 1. The number of esters is 1. The fourth-order valence-electron chi connectivity index (χ4n) is 1.61. The van der Waals surface area contributed by atoms with Crippen LogP contribution < -0.4 is 0 Å². The maximum Gasteiger partial charge on any atom is 0.332 e. The third-order valence-corrected chi connectivity index (χ3v) is 3.61. The number of nitrogens with zero attached hydrogens (tertiary/aromatic N) is 1. The van der Waals surface area contributed by atoms with E-state index in [4.69, 9.17) is 44.3 Å². The topological polar surface area (TPSA) is 48.4 Å². The van der Waals surface area contributed by atoms with Crippen molar-refractivity contribution in [3.05, 3.63) is 62.9 Å². The third kappa shape index (κ3) is 5.14. The lowest BCUT2D eigenvalue weighted by molar-refractivity contribution is -0.150. The van der Waals surface area contributed by atoms with Gasteiger partial charge >= 0.3 is 5.97 Å². The standard InChI is InChI=1S/C15H12Cl3NO3/c16-11-4-2-1-3-10(11)7-21-9-15(20)22-8-13-12(17)5-6-14(18)19-13/h1-6H,7-9H2. The first-order valence-corrected chi connectivity index (χ1v) is 7.47. The minimum atomic E-state index is -0.523. The highest BCUT2D eigenvalue weighted by Gasteiger charge is 2.09. The summed E-state index contributed by atoms with van der Waals surface area (Å²) >= 11 is 17.7. The first kappa shape index (κ1) is 17.0. The minimum Gasteiger partial charge on any atom is -0.457 e. The monoisotopic (exact) mass is 359 g/mol. The van der Waals surface area contributed by atoms with Gasteiger partial charge in [-0.2, -0.15) is 0 Å². The van der Waals surface area contributed by atoms with Gasteiger partial charge in [0.1, 0.15) is 18.4 Å². The van der Waals surface area contributed by atoms with E-state index in [0.29, 0.717) is 15.7 Å². The molecule has 0 aliphatic carbocycles. The highest BCUT2D eigenvalue weighted by Crippen LogP contribution is 2.18. The molecule has 0 saturated heterocycles. The van der Waals surface area contributed by atoms with Crippen molar-refractivity contribution in [3.63, 3.8) is 0 Å². The zero-order valence-corrected chi connectivity index (χ0v) is 13.7. The van der Waals surface area contributed by atoms with Crippen molar-refractivity contribution in [1.29, 1.82) is 0 Å². The van der Waals surface area contributed by atoms with Gasteiger partial charge in [0.25, 0.3) is 0 Å². The molecular formula is C15H12Cl3NO3. The molecule has 0 radical (unpaired) electrons. The number of carbonyl (C=O) groups excluding carboxylic acids is 1. The van der Waals surface area contributed by atoms with Gasteiger partial charge in [0.05, 0.1) is 17.3 Å². The molecule has 7 heteroatoms. The van der Waals surface area contributed by atoms with Crippen LogP contribution in [0.5, 0.6) is 0 Å². The molecule has 0 saturated carbocycles. The van der Waals surface area contributed by atoms with Gasteiger partial charge in [-0.1, -0.05) is 53.0 Å². The molecule has 22 heavy (non-hydrogen) atoms. The Bertz CT molecular complexity index is 664. The molecule has 0 spiro atoms. The van der Waals surface area contributed by atoms with Crippen LogP contribution in [0.4, 0.5) is 0 Å². The number of hydrogen-bond donors (Lipinski definition) is 0. The predicted octanol–water partition coefficient (Wildman–Crippen LogP) is 4.30. The van der Waals surface area contributed by atoms with Gasteiger partial charge in [0.2, 0.25) is 0 Å². The van der Waals surface area contributed by atoms with Crippen LogP contribution in [0.1, 0.15) is 11.3 Å². The van der Waals surface area contributed by atoms with Crippen LogP contribution in [-0.4, -0.2) is 17.6 Å². The Morgan fingerprint density at radius 1 is 1.00 bits per heavy atom. The van der Waals surface area contributed by atoms with Crippen molar-refractivity contribution in [2.24, 2.45) is 0 Å². The van der Waals surface area contributed by atoms with E-state index < -0.39 is 5.97 Å². The van der Waals surface area contributed by atoms with Crippen LogP contribution in [0.25, 0.3) is 0 Å². The molecule has 1 aromatic carbocycles. The summed E-state index contributed by atoms with van der Waals surface area (Å²) in [4.78, 5) is 15.6. The number of hydrogen-bond acceptors (Lipinski definition) is 4. The first-order valence-electron chi connectivity index (χ1n) is 6.34. The fraction of sp³-hybridized carbons (Fsp3) is 0.200. The molecular weight excluding hydrogens is 349 g/mol. The van der Waals surface area contributed by atoms with Gasteiger partial charge in [-0.15, -0.1) is 0 Å². The summed E-state index contributed by atoms with van der Waals surface area (Å²) < 4.78 is 10.3. The molecule has 0 bridgehead atoms. The lowest BCUT2D eigenvalue weighted by Gasteiger charge is -2.08. The molecule has 0 aliphatic heterocycles. The van der Waals surface area contributed by atoms with Crippen LogP contribution in [-0.2, 0) is 27.5 Å². The summed E-state index contributed by atoms with van der Waals surface area (Å²) in [5, 5.41) is 1.25. The number of aromatic nitrogens is 1. The number of rotatable bonds is 6. The molecule has 0 atom stereocenters. The Balaban J connectivity index is 1.76. The molecule has 0 fully saturated rings. The molecule has 4 nitrogen and oxygen atoms in total. The van der Waals surface area contributed by atoms with E-state index in [2.05, 4.69) is 4.98 Å². The van der Waals surface area contributed by atoms with Gasteiger partial charge in [0.15, 0.2) is 0 Å². The largest absolute Gasteiger partial charge is 0.457 e. The van der Waals surface area contributed by atoms with Crippen LogP contribution in [0.15, 0.2) is 36.4 Å². The Morgan fingerprint density at radius 2 is 1.77 bits per heavy atom. The van der Waals surface area contributed by atoms with Gasteiger partial charge in [-0.05, 0) is 23.8 Å². The van der Waals surface area contributed by atoms with Crippen molar-refractivity contribution >= 4 is 40.8 Å². The van der Waals surface area contributed by atoms with E-state index in [1.807, 2.05) is 18.2 Å². The van der Waals surface area contributed by atoms with E-state index in [1.165, 1.54) is 0 Å². The van der Waals surface area contributed by atoms with Crippen molar-refractivity contribution in [3.8, 4) is 0 Å². The molecule has 1 aromatic heterocycles. The lowest BCUT2D eigenvalue weighted by Crippen LogP contribution is -2.13. The quantitative estimate of drug-likeness (QED) is 0.569. The van der Waals surface area contributed by atoms with Crippen molar-refractivity contribution in [2.75, 3.05) is 6.61 Å². The number of halogens is 3. The highest BCUT2D eigenvalue weighted by molar-refractivity contribution is 6.32. The molecule has 2 rings (SSSR count). The highest BCUT2D eigenvalue weighted by atomic mass is 35.5. The number of ether oxygens (including phenoxy) is 2. The molecule has 0 N–H and O–H groups in total. The van der Waals surface area contributed by atoms with Crippen molar-refractivity contribution < 1.29 is 14.3 Å². The summed E-state index contributed by atoms with van der Waals surface area (Å²) in [5.41, 5.74) is 1.20. The van der Waals surface area contributed by atoms with E-state index in [9.17, 15) is 4.79 Å². The molecule has 0 unspecified atom stereocenters. The maximum absolute atomic E-state index is 11.6. The Kier molecular flexibility index (Phi) is 6.46. The van der Waals surface area contributed by atoms with E-state index in [-0.39, 0.29) is 25.0 Å². The first-order chi connectivity index (χ1) is 10.6. The fourth-order valence-corrected chi connectivity index (χ4v) is 2.12. The van der Waals surface area contributed by atoms with Crippen LogP contribution >= 0.6 is 34.8 Å². The molecule has 0 amide bonds. The number of carbonyl (C=O) groups is 1. The van der Waals surface area contributed by atoms with Crippen LogP contribution in [0.3, 0.4) is 0 Å². The second-order valence-electron chi connectivity index (χ2n) is 4.31. The summed E-state index contributed by atoms with van der Waals surface area (Å²) in [7, 11) is 0. The molecule has 2 aromatic rings. The van der Waals surface area contributed by atoms with Crippen LogP contribution in [0, 0.1) is 0 Å². The zero-order chi connectivity index (χ0) is 15.9. The number of pyridine rings is 1. The smallest absolute Gasteiger partial charge is 0.332 e. The summed E-state index contributed by atoms with van der Waals surface area (Å²) in [6.45, 7) is -0.0258. The van der Waals surface area contributed by atoms with Crippen molar-refractivity contribution in [2.45, 2.75) is 13.2 Å². The predicted molar refractivity (Wildman–Crippen MR) is 85.2 cm³/mol. The Morgan fingerprint density at radius 3 is 2.55 bits per heavy atom. The zero-order valence-electron chi connectivity index (χ0n) is 11.4. The minimum absolute atomic E-state index is 0.0618. The average Bonchev–Trinajstić information content (AvgIpc) is 2.50. The summed E-state index contributed by atoms with van der Waals surface area (Å²) in [6, 6.07) is 10.4. The SMILES string of the molecule is O=C(COCc1ccccc1Cl)OCc1nc(Cl)ccc1Cl. The molecule has 0 aliphatic rings. The molecule has 1 heterocycles. The van der Waals surface area contributed by atoms with E-state index in [0.717, 1.165) is 5.56 Å². The third-order valence-electron chi connectivity index (χ3n) is 2.69. The van der Waals surface area contributed by atoms with Crippen LogP contribution in [0.2, 0.25) is 15.2 Å². The van der Waals surface area contributed by atoms with E-state index >= 15 is 0 Å². The average molecular weight is 361 g/mol. The lowest BCUT2D eigenvalue weighted by atomic mass is 10.2. The second kappa shape index (κ2) is 8.34.